The Labute approximate surface area is 184 Å². The molecule has 0 heterocycles. The zero-order valence-electron chi connectivity index (χ0n) is 16.4. The van der Waals surface area contributed by atoms with Crippen molar-refractivity contribution in [2.24, 2.45) is 0 Å². The summed E-state index contributed by atoms with van der Waals surface area (Å²) in [6.07, 6.45) is 0. The molecule has 0 amide bonds. The number of benzene rings is 4. The van der Waals surface area contributed by atoms with Crippen LogP contribution in [0.5, 0.6) is 0 Å². The van der Waals surface area contributed by atoms with Crippen molar-refractivity contribution in [2.75, 3.05) is 22.9 Å². The van der Waals surface area contributed by atoms with Gasteiger partial charge in [-0.3, -0.25) is 0 Å². The molecule has 4 aromatic rings. The average Bonchev–Trinajstić information content (AvgIpc) is 2.75. The van der Waals surface area contributed by atoms with Crippen LogP contribution in [0.1, 0.15) is 0 Å². The Hall–Kier alpha value is -2.80. The molecule has 8 N–H and O–H groups in total. The Kier molecular flexibility index (Phi) is 5.09. The van der Waals surface area contributed by atoms with Gasteiger partial charge in [0, 0.05) is 0 Å². The summed E-state index contributed by atoms with van der Waals surface area (Å²) >= 11 is 3.06. The van der Waals surface area contributed by atoms with E-state index in [2.05, 4.69) is 69.4 Å². The summed E-state index contributed by atoms with van der Waals surface area (Å²) in [5.41, 5.74) is 27.6. The number of nitrogen functional groups attached to an aromatic ring is 4. The zero-order chi connectivity index (χ0) is 21.4. The molecule has 0 aliphatic heterocycles. The van der Waals surface area contributed by atoms with E-state index in [4.69, 9.17) is 22.9 Å². The SMILES string of the molecule is Nc1ccc([As]([As])(c2ccccc2)(c2ccc(N)cc2)c2ccc(N)cc2N)cc1. The van der Waals surface area contributed by atoms with E-state index in [0.717, 1.165) is 15.7 Å². The summed E-state index contributed by atoms with van der Waals surface area (Å²) in [6, 6.07) is 32.7. The van der Waals surface area contributed by atoms with Crippen molar-refractivity contribution in [1.29, 1.82) is 0 Å². The molecule has 0 atom stereocenters. The number of anilines is 4. The van der Waals surface area contributed by atoms with Gasteiger partial charge in [0.25, 0.3) is 0 Å². The molecule has 4 aromatic carbocycles. The monoisotopic (exact) mass is 518 g/mol. The van der Waals surface area contributed by atoms with Crippen molar-refractivity contribution < 1.29 is 0 Å². The average molecular weight is 518 g/mol. The molecule has 0 saturated carbocycles. The molecule has 0 spiro atoms. The maximum absolute atomic E-state index is 6.67. The van der Waals surface area contributed by atoms with Gasteiger partial charge < -0.3 is 0 Å². The molecule has 0 fully saturated rings. The molecule has 6 heteroatoms. The third-order valence-electron chi connectivity index (χ3n) is 5.57. The summed E-state index contributed by atoms with van der Waals surface area (Å²) in [7, 11) is -4.06. The predicted molar refractivity (Wildman–Crippen MR) is 133 cm³/mol. The van der Waals surface area contributed by atoms with E-state index in [9.17, 15) is 0 Å². The third-order valence-corrected chi connectivity index (χ3v) is 26.5. The molecule has 30 heavy (non-hydrogen) atoms. The molecule has 0 bridgehead atoms. The van der Waals surface area contributed by atoms with E-state index in [1.807, 2.05) is 42.5 Å². The van der Waals surface area contributed by atoms with E-state index >= 15 is 0 Å². The van der Waals surface area contributed by atoms with Gasteiger partial charge in [0.1, 0.15) is 0 Å². The first-order valence-corrected chi connectivity index (χ1v) is 18.5. The predicted octanol–water partition coefficient (Wildman–Crippen LogP) is 1.01. The summed E-state index contributed by atoms with van der Waals surface area (Å²) in [4.78, 5) is 0. The second-order valence-corrected chi connectivity index (χ2v) is 24.9. The van der Waals surface area contributed by atoms with Crippen LogP contribution in [0, 0.1) is 0 Å². The van der Waals surface area contributed by atoms with E-state index in [-0.39, 0.29) is 0 Å². The van der Waals surface area contributed by atoms with Gasteiger partial charge in [-0.25, -0.2) is 0 Å². The summed E-state index contributed by atoms with van der Waals surface area (Å²) in [5, 5.41) is 0. The second kappa shape index (κ2) is 7.47. The molecule has 150 valence electrons. The van der Waals surface area contributed by atoms with Crippen LogP contribution in [0.15, 0.2) is 97.1 Å². The van der Waals surface area contributed by atoms with Crippen molar-refractivity contribution in [1.82, 2.24) is 0 Å². The van der Waals surface area contributed by atoms with Gasteiger partial charge in [-0.2, -0.15) is 0 Å². The minimum atomic E-state index is -4.06. The number of rotatable bonds is 4. The summed E-state index contributed by atoms with van der Waals surface area (Å²) < 4.78 is 4.69. The van der Waals surface area contributed by atoms with Gasteiger partial charge in [0.05, 0.1) is 0 Å². The van der Waals surface area contributed by atoms with Crippen LogP contribution in [0.4, 0.5) is 22.7 Å². The van der Waals surface area contributed by atoms with Gasteiger partial charge in [-0.15, -0.1) is 0 Å². The Bertz CT molecular complexity index is 1140. The fraction of sp³-hybridized carbons (Fsp3) is 0. The van der Waals surface area contributed by atoms with Gasteiger partial charge in [-0.05, 0) is 0 Å². The second-order valence-electron chi connectivity index (χ2n) is 7.41. The first-order chi connectivity index (χ1) is 14.3. The molecular weight excluding hydrogens is 494 g/mol. The van der Waals surface area contributed by atoms with Crippen LogP contribution in [0.25, 0.3) is 0 Å². The first-order valence-electron chi connectivity index (χ1n) is 9.54. The minimum absolute atomic E-state index is 0.643. The van der Waals surface area contributed by atoms with Crippen molar-refractivity contribution in [2.45, 2.75) is 0 Å². The fourth-order valence-electron chi connectivity index (χ4n) is 4.08. The Morgan fingerprint density at radius 2 is 0.933 bits per heavy atom. The topological polar surface area (TPSA) is 104 Å². The van der Waals surface area contributed by atoms with Crippen molar-refractivity contribution in [3.05, 3.63) is 97.1 Å². The number of hydrogen-bond acceptors (Lipinski definition) is 4. The Balaban J connectivity index is 2.25. The van der Waals surface area contributed by atoms with Gasteiger partial charge >= 0.3 is 185 Å². The van der Waals surface area contributed by atoms with Crippen LogP contribution >= 0.6 is 0 Å². The standard InChI is InChI=1S/C24H24As2N4/c25-26(17-4-2-1-3-5-17,18-6-10-20(27)11-7-18,19-8-12-21(28)13-9-19)23-15-14-22(29)16-24(23)30/h1-16H,27-30H2. The molecule has 2 radical (unpaired) electrons. The van der Waals surface area contributed by atoms with Crippen LogP contribution in [0.3, 0.4) is 0 Å². The van der Waals surface area contributed by atoms with Crippen LogP contribution in [0.2, 0.25) is 0 Å². The molecular formula is C24H24As2N4. The van der Waals surface area contributed by atoms with Crippen LogP contribution < -0.4 is 40.3 Å². The van der Waals surface area contributed by atoms with Gasteiger partial charge in [0.2, 0.25) is 0 Å². The molecule has 4 rings (SSSR count). The van der Waals surface area contributed by atoms with Gasteiger partial charge in [0.15, 0.2) is 0 Å². The third kappa shape index (κ3) is 2.99. The maximum atomic E-state index is 6.67. The van der Waals surface area contributed by atoms with Crippen molar-refractivity contribution in [3.8, 4) is 0 Å². The molecule has 4 nitrogen and oxygen atoms in total. The number of nitrogens with two attached hydrogens (primary N) is 4. The molecule has 0 aromatic heterocycles. The Morgan fingerprint density at radius 1 is 0.500 bits per heavy atom. The van der Waals surface area contributed by atoms with Crippen molar-refractivity contribution >= 4 is 65.3 Å². The summed E-state index contributed by atoms with van der Waals surface area (Å²) in [6.45, 7) is 0. The van der Waals surface area contributed by atoms with E-state index < -0.39 is 10.4 Å². The zero-order valence-corrected chi connectivity index (χ0v) is 20.2. The van der Waals surface area contributed by atoms with E-state index in [0.29, 0.717) is 11.4 Å². The fourth-order valence-corrected chi connectivity index (χ4v) is 20.7. The summed E-state index contributed by atoms with van der Waals surface area (Å²) in [5.74, 6) is 0. The van der Waals surface area contributed by atoms with Gasteiger partial charge in [-0.1, -0.05) is 0 Å². The first kappa shape index (κ1) is 20.5. The molecule has 0 aliphatic carbocycles. The molecule has 0 unspecified atom stereocenters. The van der Waals surface area contributed by atoms with E-state index in [1.165, 1.54) is 13.1 Å². The number of hydrogen-bond donors (Lipinski definition) is 4. The van der Waals surface area contributed by atoms with E-state index in [1.54, 1.807) is 0 Å². The Morgan fingerprint density at radius 3 is 1.40 bits per heavy atom. The normalized spacial score (nSPS) is 12.8. The molecule has 0 saturated heterocycles. The van der Waals surface area contributed by atoms with Crippen LogP contribution in [-0.4, -0.2) is 25.2 Å². The van der Waals surface area contributed by atoms with Crippen LogP contribution in [-0.2, 0) is 0 Å². The quantitative estimate of drug-likeness (QED) is 0.239. The van der Waals surface area contributed by atoms with Crippen molar-refractivity contribution in [3.63, 3.8) is 0 Å². The molecule has 0 aliphatic rings.